The van der Waals surface area contributed by atoms with Gasteiger partial charge in [-0.3, -0.25) is 0 Å². The average molecular weight is 221 g/mol. The van der Waals surface area contributed by atoms with Crippen LogP contribution in [0.1, 0.15) is 42.1 Å². The third kappa shape index (κ3) is 3.32. The van der Waals surface area contributed by atoms with E-state index in [9.17, 15) is 0 Å². The molecule has 0 aliphatic carbocycles. The number of hydrogen-bond donors (Lipinski definition) is 1. The molecule has 2 N–H and O–H groups in total. The van der Waals surface area contributed by atoms with E-state index in [2.05, 4.69) is 32.9 Å². The van der Waals surface area contributed by atoms with Crippen LogP contribution in [-0.2, 0) is 4.74 Å². The zero-order chi connectivity index (χ0) is 12.3. The number of hydrogen-bond acceptors (Lipinski definition) is 2. The van der Waals surface area contributed by atoms with E-state index >= 15 is 0 Å². The van der Waals surface area contributed by atoms with Crippen molar-refractivity contribution in [3.63, 3.8) is 0 Å². The summed E-state index contributed by atoms with van der Waals surface area (Å²) in [6, 6.07) is 4.35. The molecule has 0 amide bonds. The van der Waals surface area contributed by atoms with E-state index in [1.807, 2.05) is 13.8 Å². The van der Waals surface area contributed by atoms with Gasteiger partial charge in [0.1, 0.15) is 0 Å². The van der Waals surface area contributed by atoms with Crippen LogP contribution in [0.3, 0.4) is 0 Å². The maximum absolute atomic E-state index is 6.14. The Morgan fingerprint density at radius 3 is 2.19 bits per heavy atom. The third-order valence-corrected chi connectivity index (χ3v) is 2.89. The lowest BCUT2D eigenvalue weighted by Crippen LogP contribution is -2.20. The summed E-state index contributed by atoms with van der Waals surface area (Å²) in [5.41, 5.74) is 11.2. The van der Waals surface area contributed by atoms with Gasteiger partial charge >= 0.3 is 0 Å². The van der Waals surface area contributed by atoms with Crippen LogP contribution >= 0.6 is 0 Å². The second kappa shape index (κ2) is 5.46. The summed E-state index contributed by atoms with van der Waals surface area (Å²) in [6.07, 6.45) is 0.234. The smallest absolute Gasteiger partial charge is 0.0662 e. The number of rotatable bonds is 4. The summed E-state index contributed by atoms with van der Waals surface area (Å²) < 4.78 is 5.56. The molecule has 0 saturated heterocycles. The van der Waals surface area contributed by atoms with Gasteiger partial charge in [-0.25, -0.2) is 0 Å². The largest absolute Gasteiger partial charge is 0.377 e. The third-order valence-electron chi connectivity index (χ3n) is 2.89. The Labute approximate surface area is 98.8 Å². The Kier molecular flexibility index (Phi) is 4.51. The van der Waals surface area contributed by atoms with Crippen molar-refractivity contribution in [2.45, 2.75) is 46.8 Å². The van der Waals surface area contributed by atoms with Gasteiger partial charge in [0.2, 0.25) is 0 Å². The minimum absolute atomic E-state index is 0.0262. The van der Waals surface area contributed by atoms with E-state index in [4.69, 9.17) is 10.5 Å². The SMILES string of the molecule is Cc1cc(C)c(C(N)COC(C)C)cc1C. The molecule has 0 fully saturated rings. The standard InChI is InChI=1S/C14H23NO/c1-9(2)16-8-14(15)13-7-11(4)10(3)6-12(13)5/h6-7,9,14H,8,15H2,1-5H3. The second-order valence-electron chi connectivity index (χ2n) is 4.78. The Balaban J connectivity index is 2.82. The molecular weight excluding hydrogens is 198 g/mol. The van der Waals surface area contributed by atoms with E-state index in [-0.39, 0.29) is 12.1 Å². The number of aryl methyl sites for hydroxylation is 3. The lowest BCUT2D eigenvalue weighted by Gasteiger charge is -2.18. The van der Waals surface area contributed by atoms with Crippen molar-refractivity contribution in [3.8, 4) is 0 Å². The molecule has 0 aliphatic rings. The van der Waals surface area contributed by atoms with Crippen LogP contribution < -0.4 is 5.73 Å². The molecule has 0 radical (unpaired) electrons. The summed E-state index contributed by atoms with van der Waals surface area (Å²) in [7, 11) is 0. The minimum atomic E-state index is -0.0262. The minimum Gasteiger partial charge on any atom is -0.377 e. The summed E-state index contributed by atoms with van der Waals surface area (Å²) >= 11 is 0. The van der Waals surface area contributed by atoms with Crippen molar-refractivity contribution in [1.29, 1.82) is 0 Å². The van der Waals surface area contributed by atoms with Gasteiger partial charge in [-0.2, -0.15) is 0 Å². The Hall–Kier alpha value is -0.860. The molecule has 2 nitrogen and oxygen atoms in total. The van der Waals surface area contributed by atoms with E-state index < -0.39 is 0 Å². The van der Waals surface area contributed by atoms with Gasteiger partial charge in [0, 0.05) is 0 Å². The molecule has 1 aromatic carbocycles. The molecule has 0 spiro atoms. The molecule has 1 atom stereocenters. The van der Waals surface area contributed by atoms with Crippen molar-refractivity contribution in [2.24, 2.45) is 5.73 Å². The Morgan fingerprint density at radius 1 is 1.06 bits per heavy atom. The summed E-state index contributed by atoms with van der Waals surface area (Å²) in [4.78, 5) is 0. The van der Waals surface area contributed by atoms with Crippen molar-refractivity contribution >= 4 is 0 Å². The van der Waals surface area contributed by atoms with Crippen LogP contribution in [-0.4, -0.2) is 12.7 Å². The van der Waals surface area contributed by atoms with E-state index in [1.54, 1.807) is 0 Å². The molecule has 0 heterocycles. The van der Waals surface area contributed by atoms with Gasteiger partial charge in [-0.1, -0.05) is 12.1 Å². The topological polar surface area (TPSA) is 35.2 Å². The summed E-state index contributed by atoms with van der Waals surface area (Å²) in [5.74, 6) is 0. The first-order valence-corrected chi connectivity index (χ1v) is 5.86. The first kappa shape index (κ1) is 13.2. The highest BCUT2D eigenvalue weighted by Crippen LogP contribution is 2.20. The van der Waals surface area contributed by atoms with Crippen molar-refractivity contribution in [3.05, 3.63) is 34.4 Å². The van der Waals surface area contributed by atoms with Crippen molar-refractivity contribution in [1.82, 2.24) is 0 Å². The van der Waals surface area contributed by atoms with Gasteiger partial charge < -0.3 is 10.5 Å². The normalized spacial score (nSPS) is 13.2. The molecule has 0 aromatic heterocycles. The summed E-state index contributed by atoms with van der Waals surface area (Å²) in [5, 5.41) is 0. The first-order valence-electron chi connectivity index (χ1n) is 5.86. The van der Waals surface area contributed by atoms with Crippen LogP contribution in [0.2, 0.25) is 0 Å². The number of benzene rings is 1. The fraction of sp³-hybridized carbons (Fsp3) is 0.571. The molecule has 2 heteroatoms. The average Bonchev–Trinajstić information content (AvgIpc) is 2.20. The van der Waals surface area contributed by atoms with Crippen molar-refractivity contribution in [2.75, 3.05) is 6.61 Å². The zero-order valence-corrected chi connectivity index (χ0v) is 11.0. The van der Waals surface area contributed by atoms with E-state index in [0.29, 0.717) is 6.61 Å². The van der Waals surface area contributed by atoms with Crippen LogP contribution in [0.4, 0.5) is 0 Å². The maximum atomic E-state index is 6.14. The molecule has 0 bridgehead atoms. The molecule has 90 valence electrons. The van der Waals surface area contributed by atoms with Gasteiger partial charge in [0.05, 0.1) is 18.8 Å². The van der Waals surface area contributed by atoms with E-state index in [1.165, 1.54) is 22.3 Å². The number of nitrogens with two attached hydrogens (primary N) is 1. The van der Waals surface area contributed by atoms with Gasteiger partial charge in [0.15, 0.2) is 0 Å². The molecule has 0 aliphatic heterocycles. The quantitative estimate of drug-likeness (QED) is 0.848. The molecule has 1 aromatic rings. The fourth-order valence-electron chi connectivity index (χ4n) is 1.77. The molecular formula is C14H23NO. The highest BCUT2D eigenvalue weighted by atomic mass is 16.5. The zero-order valence-electron chi connectivity index (χ0n) is 11.0. The number of ether oxygens (including phenoxy) is 1. The molecule has 16 heavy (non-hydrogen) atoms. The fourth-order valence-corrected chi connectivity index (χ4v) is 1.77. The van der Waals surface area contributed by atoms with Crippen LogP contribution in [0.25, 0.3) is 0 Å². The lowest BCUT2D eigenvalue weighted by molar-refractivity contribution is 0.0682. The maximum Gasteiger partial charge on any atom is 0.0662 e. The van der Waals surface area contributed by atoms with E-state index in [0.717, 1.165) is 0 Å². The lowest BCUT2D eigenvalue weighted by atomic mass is 9.96. The molecule has 0 saturated carbocycles. The van der Waals surface area contributed by atoms with Gasteiger partial charge in [0.25, 0.3) is 0 Å². The molecule has 1 rings (SSSR count). The predicted molar refractivity (Wildman–Crippen MR) is 68.7 cm³/mol. The molecule has 1 unspecified atom stereocenters. The van der Waals surface area contributed by atoms with Crippen LogP contribution in [0.5, 0.6) is 0 Å². The van der Waals surface area contributed by atoms with Crippen LogP contribution in [0.15, 0.2) is 12.1 Å². The Bertz CT molecular complexity index is 358. The van der Waals surface area contributed by atoms with Crippen molar-refractivity contribution < 1.29 is 4.74 Å². The summed E-state index contributed by atoms with van der Waals surface area (Å²) in [6.45, 7) is 11.0. The monoisotopic (exact) mass is 221 g/mol. The second-order valence-corrected chi connectivity index (χ2v) is 4.78. The first-order chi connectivity index (χ1) is 7.41. The predicted octanol–water partition coefficient (Wildman–Crippen LogP) is 3.04. The highest BCUT2D eigenvalue weighted by Gasteiger charge is 2.11. The van der Waals surface area contributed by atoms with Gasteiger partial charge in [-0.15, -0.1) is 0 Å². The van der Waals surface area contributed by atoms with Gasteiger partial charge in [-0.05, 0) is 56.9 Å². The Morgan fingerprint density at radius 2 is 1.62 bits per heavy atom. The highest BCUT2D eigenvalue weighted by molar-refractivity contribution is 5.38. The van der Waals surface area contributed by atoms with Crippen LogP contribution in [0, 0.1) is 20.8 Å².